The van der Waals surface area contributed by atoms with Gasteiger partial charge in [0.15, 0.2) is 6.61 Å². The number of nitrogens with one attached hydrogen (secondary N) is 1. The van der Waals surface area contributed by atoms with Crippen LogP contribution in [0.5, 0.6) is 5.75 Å². The first kappa shape index (κ1) is 20.5. The molecule has 8 heteroatoms. The largest absolute Gasteiger partial charge is 0.482 e. The van der Waals surface area contributed by atoms with Crippen LogP contribution < -0.4 is 10.1 Å². The standard InChI is InChI=1S/C20H21Cl2N3O3/c1-24-7-9-25(10-8-24)20(27)14-3-2-4-16(11-14)23-19(26)13-28-18-6-5-15(21)12-17(18)22/h2-6,11-12H,7-10,13H2,1H3,(H,23,26). The number of halogens is 2. The Morgan fingerprint density at radius 1 is 1.07 bits per heavy atom. The van der Waals surface area contributed by atoms with Crippen molar-refractivity contribution in [2.24, 2.45) is 0 Å². The fourth-order valence-electron chi connectivity index (χ4n) is 2.85. The van der Waals surface area contributed by atoms with Crippen molar-refractivity contribution in [1.29, 1.82) is 0 Å². The number of ether oxygens (including phenoxy) is 1. The quantitative estimate of drug-likeness (QED) is 0.803. The minimum Gasteiger partial charge on any atom is -0.482 e. The Labute approximate surface area is 174 Å². The molecule has 1 aliphatic rings. The van der Waals surface area contributed by atoms with Gasteiger partial charge >= 0.3 is 0 Å². The van der Waals surface area contributed by atoms with Gasteiger partial charge < -0.3 is 19.9 Å². The van der Waals surface area contributed by atoms with Crippen LogP contribution in [0.3, 0.4) is 0 Å². The maximum atomic E-state index is 12.7. The third kappa shape index (κ3) is 5.38. The summed E-state index contributed by atoms with van der Waals surface area (Å²) in [5.74, 6) is -0.0104. The molecule has 0 unspecified atom stereocenters. The van der Waals surface area contributed by atoms with Crippen molar-refractivity contribution in [3.05, 3.63) is 58.1 Å². The summed E-state index contributed by atoms with van der Waals surface area (Å²) < 4.78 is 5.43. The lowest BCUT2D eigenvalue weighted by molar-refractivity contribution is -0.118. The monoisotopic (exact) mass is 421 g/mol. The Morgan fingerprint density at radius 3 is 2.54 bits per heavy atom. The van der Waals surface area contributed by atoms with Crippen LogP contribution in [0, 0.1) is 0 Å². The summed E-state index contributed by atoms with van der Waals surface area (Å²) in [5.41, 5.74) is 1.08. The number of nitrogens with zero attached hydrogens (tertiary/aromatic N) is 2. The van der Waals surface area contributed by atoms with Crippen molar-refractivity contribution in [3.8, 4) is 5.75 Å². The zero-order valence-corrected chi connectivity index (χ0v) is 17.0. The van der Waals surface area contributed by atoms with Gasteiger partial charge in [-0.2, -0.15) is 0 Å². The number of carbonyl (C=O) groups excluding carboxylic acids is 2. The number of amides is 2. The van der Waals surface area contributed by atoms with Gasteiger partial charge in [0.25, 0.3) is 11.8 Å². The highest BCUT2D eigenvalue weighted by molar-refractivity contribution is 6.35. The third-order valence-electron chi connectivity index (χ3n) is 4.44. The highest BCUT2D eigenvalue weighted by Crippen LogP contribution is 2.27. The topological polar surface area (TPSA) is 61.9 Å². The molecule has 1 fully saturated rings. The molecule has 1 N–H and O–H groups in total. The first-order valence-corrected chi connectivity index (χ1v) is 9.63. The molecule has 0 aliphatic carbocycles. The maximum Gasteiger partial charge on any atom is 0.262 e. The molecular formula is C20H21Cl2N3O3. The summed E-state index contributed by atoms with van der Waals surface area (Å²) in [6.45, 7) is 2.89. The number of rotatable bonds is 5. The molecule has 1 aliphatic heterocycles. The predicted octanol–water partition coefficient (Wildman–Crippen LogP) is 3.40. The zero-order valence-electron chi connectivity index (χ0n) is 15.5. The molecule has 0 spiro atoms. The SMILES string of the molecule is CN1CCN(C(=O)c2cccc(NC(=O)COc3ccc(Cl)cc3Cl)c2)CC1. The molecule has 2 aromatic carbocycles. The lowest BCUT2D eigenvalue weighted by atomic mass is 10.1. The van der Waals surface area contributed by atoms with E-state index in [1.807, 2.05) is 11.9 Å². The molecule has 2 aromatic rings. The number of anilines is 1. The van der Waals surface area contributed by atoms with Crippen molar-refractivity contribution in [2.75, 3.05) is 45.2 Å². The number of piperazine rings is 1. The Bertz CT molecular complexity index is 868. The molecule has 2 amide bonds. The van der Waals surface area contributed by atoms with E-state index in [1.165, 1.54) is 0 Å². The highest BCUT2D eigenvalue weighted by atomic mass is 35.5. The molecule has 28 heavy (non-hydrogen) atoms. The number of benzene rings is 2. The molecule has 0 saturated carbocycles. The Kier molecular flexibility index (Phi) is 6.78. The van der Waals surface area contributed by atoms with Gasteiger partial charge in [0.1, 0.15) is 5.75 Å². The fraction of sp³-hybridized carbons (Fsp3) is 0.300. The minimum atomic E-state index is -0.352. The third-order valence-corrected chi connectivity index (χ3v) is 4.97. The van der Waals surface area contributed by atoms with Gasteiger partial charge in [0, 0.05) is 42.5 Å². The highest BCUT2D eigenvalue weighted by Gasteiger charge is 2.20. The molecule has 0 bridgehead atoms. The van der Waals surface area contributed by atoms with Crippen LogP contribution in [0.2, 0.25) is 10.0 Å². The summed E-state index contributed by atoms with van der Waals surface area (Å²) >= 11 is 11.9. The fourth-order valence-corrected chi connectivity index (χ4v) is 3.32. The first-order chi connectivity index (χ1) is 13.4. The first-order valence-electron chi connectivity index (χ1n) is 8.88. The van der Waals surface area contributed by atoms with Crippen molar-refractivity contribution in [2.45, 2.75) is 0 Å². The minimum absolute atomic E-state index is 0.0339. The van der Waals surface area contributed by atoms with E-state index in [0.29, 0.717) is 40.1 Å². The summed E-state index contributed by atoms with van der Waals surface area (Å²) in [4.78, 5) is 28.9. The maximum absolute atomic E-state index is 12.7. The molecule has 1 saturated heterocycles. The van der Waals surface area contributed by atoms with E-state index in [0.717, 1.165) is 13.1 Å². The van der Waals surface area contributed by atoms with Crippen molar-refractivity contribution >= 4 is 40.7 Å². The second-order valence-corrected chi connectivity index (χ2v) is 7.43. The lowest BCUT2D eigenvalue weighted by Gasteiger charge is -2.32. The summed E-state index contributed by atoms with van der Waals surface area (Å²) in [6.07, 6.45) is 0. The predicted molar refractivity (Wildman–Crippen MR) is 110 cm³/mol. The van der Waals surface area contributed by atoms with Crippen LogP contribution in [0.15, 0.2) is 42.5 Å². The van der Waals surface area contributed by atoms with E-state index in [-0.39, 0.29) is 18.4 Å². The van der Waals surface area contributed by atoms with Crippen LogP contribution in [0.25, 0.3) is 0 Å². The van der Waals surface area contributed by atoms with E-state index in [2.05, 4.69) is 10.2 Å². The molecule has 0 aromatic heterocycles. The van der Waals surface area contributed by atoms with Gasteiger partial charge in [0.05, 0.1) is 5.02 Å². The smallest absolute Gasteiger partial charge is 0.262 e. The van der Waals surface area contributed by atoms with E-state index in [1.54, 1.807) is 42.5 Å². The van der Waals surface area contributed by atoms with Crippen molar-refractivity contribution in [1.82, 2.24) is 9.80 Å². The molecule has 0 atom stereocenters. The molecule has 0 radical (unpaired) electrons. The van der Waals surface area contributed by atoms with Crippen molar-refractivity contribution < 1.29 is 14.3 Å². The second-order valence-electron chi connectivity index (χ2n) is 6.59. The zero-order chi connectivity index (χ0) is 20.1. The van der Waals surface area contributed by atoms with E-state index >= 15 is 0 Å². The Hall–Kier alpha value is -2.28. The van der Waals surface area contributed by atoms with Crippen LogP contribution in [0.4, 0.5) is 5.69 Å². The normalized spacial score (nSPS) is 14.6. The van der Waals surface area contributed by atoms with Crippen LogP contribution in [-0.2, 0) is 4.79 Å². The van der Waals surface area contributed by atoms with Gasteiger partial charge in [-0.25, -0.2) is 0 Å². The van der Waals surface area contributed by atoms with Crippen molar-refractivity contribution in [3.63, 3.8) is 0 Å². The van der Waals surface area contributed by atoms with E-state index < -0.39 is 0 Å². The average Bonchev–Trinajstić information content (AvgIpc) is 2.67. The van der Waals surface area contributed by atoms with Gasteiger partial charge in [-0.05, 0) is 43.4 Å². The van der Waals surface area contributed by atoms with E-state index in [4.69, 9.17) is 27.9 Å². The summed E-state index contributed by atoms with van der Waals surface area (Å²) in [5, 5.41) is 3.56. The van der Waals surface area contributed by atoms with Gasteiger partial charge in [0.2, 0.25) is 0 Å². The molecule has 148 valence electrons. The van der Waals surface area contributed by atoms with Gasteiger partial charge in [-0.3, -0.25) is 9.59 Å². The van der Waals surface area contributed by atoms with E-state index in [9.17, 15) is 9.59 Å². The lowest BCUT2D eigenvalue weighted by Crippen LogP contribution is -2.47. The Balaban J connectivity index is 1.57. The van der Waals surface area contributed by atoms with Crippen LogP contribution in [-0.4, -0.2) is 61.4 Å². The van der Waals surface area contributed by atoms with Crippen LogP contribution in [0.1, 0.15) is 10.4 Å². The van der Waals surface area contributed by atoms with Crippen LogP contribution >= 0.6 is 23.2 Å². The van der Waals surface area contributed by atoms with Gasteiger partial charge in [-0.15, -0.1) is 0 Å². The molecule has 6 nitrogen and oxygen atoms in total. The molecular weight excluding hydrogens is 401 g/mol. The Morgan fingerprint density at radius 2 is 1.82 bits per heavy atom. The van der Waals surface area contributed by atoms with Gasteiger partial charge in [-0.1, -0.05) is 29.3 Å². The summed E-state index contributed by atoms with van der Waals surface area (Å²) in [6, 6.07) is 11.7. The number of carbonyl (C=O) groups is 2. The number of likely N-dealkylation sites (N-methyl/N-ethyl adjacent to an activating group) is 1. The summed E-state index contributed by atoms with van der Waals surface area (Å²) in [7, 11) is 2.04. The second kappa shape index (κ2) is 9.28. The molecule has 1 heterocycles. The average molecular weight is 422 g/mol. The number of hydrogen-bond acceptors (Lipinski definition) is 4. The number of hydrogen-bond donors (Lipinski definition) is 1. The molecule has 3 rings (SSSR count).